The van der Waals surface area contributed by atoms with Gasteiger partial charge < -0.3 is 0 Å². The highest BCUT2D eigenvalue weighted by Gasteiger charge is 2.03. The van der Waals surface area contributed by atoms with E-state index in [-0.39, 0.29) is 0 Å². The maximum Gasteiger partial charge on any atom is 0.146 e. The molecule has 0 radical (unpaired) electrons. The molecule has 0 N–H and O–H groups in total. The normalized spacial score (nSPS) is 9.79. The van der Waals surface area contributed by atoms with E-state index in [0.29, 0.717) is 0 Å². The van der Waals surface area contributed by atoms with E-state index in [1.807, 2.05) is 38.4 Å². The van der Waals surface area contributed by atoms with Crippen LogP contribution in [0.5, 0.6) is 0 Å². The number of fused-ring (bicyclic) bond motifs is 1. The summed E-state index contributed by atoms with van der Waals surface area (Å²) in [7, 11) is 0. The molecule has 0 saturated carbocycles. The smallest absolute Gasteiger partial charge is 0.146 e. The average Bonchev–Trinajstić information content (AvgIpc) is 2.51. The number of nitrogens with zero attached hydrogens (tertiary/aromatic N) is 3. The molecule has 14 heavy (non-hydrogen) atoms. The molecule has 76 valence electrons. The molecule has 0 unspecified atom stereocenters. The Labute approximate surface area is 84.8 Å². The van der Waals surface area contributed by atoms with Crippen molar-refractivity contribution in [3.63, 3.8) is 0 Å². The Morgan fingerprint density at radius 1 is 1.14 bits per heavy atom. The van der Waals surface area contributed by atoms with Crippen molar-refractivity contribution in [2.24, 2.45) is 0 Å². The van der Waals surface area contributed by atoms with Crippen LogP contribution < -0.4 is 0 Å². The summed E-state index contributed by atoms with van der Waals surface area (Å²) < 4.78 is 1.88. The molecule has 0 bridgehead atoms. The van der Waals surface area contributed by atoms with Gasteiger partial charge in [-0.1, -0.05) is 13.8 Å². The minimum absolute atomic E-state index is 0.815. The first-order chi connectivity index (χ1) is 6.68. The lowest BCUT2D eigenvalue weighted by atomic mass is 10.3. The average molecular weight is 191 g/mol. The quantitative estimate of drug-likeness (QED) is 0.641. The zero-order valence-electron chi connectivity index (χ0n) is 9.50. The van der Waals surface area contributed by atoms with E-state index in [9.17, 15) is 0 Å². The second kappa shape index (κ2) is 4.22. The van der Waals surface area contributed by atoms with Gasteiger partial charge in [0.25, 0.3) is 0 Å². The fourth-order valence-electron chi connectivity index (χ4n) is 1.52. The van der Waals surface area contributed by atoms with Gasteiger partial charge in [-0.15, -0.1) is 0 Å². The largest absolute Gasteiger partial charge is 0.237 e. The lowest BCUT2D eigenvalue weighted by molar-refractivity contribution is 0.840. The van der Waals surface area contributed by atoms with Gasteiger partial charge in [-0.3, -0.25) is 0 Å². The molecule has 0 aliphatic heterocycles. The van der Waals surface area contributed by atoms with E-state index in [0.717, 1.165) is 17.0 Å². The molecule has 2 rings (SSSR count). The molecule has 3 nitrogen and oxygen atoms in total. The highest BCUT2D eigenvalue weighted by atomic mass is 15.2. The molecule has 3 heteroatoms. The first-order valence-electron chi connectivity index (χ1n) is 4.97. The monoisotopic (exact) mass is 191 g/mol. The van der Waals surface area contributed by atoms with Crippen molar-refractivity contribution < 1.29 is 0 Å². The Bertz CT molecular complexity index is 429. The lowest BCUT2D eigenvalue weighted by Gasteiger charge is -2.00. The van der Waals surface area contributed by atoms with E-state index in [1.54, 1.807) is 0 Å². The van der Waals surface area contributed by atoms with Crippen molar-refractivity contribution >= 4 is 5.52 Å². The zero-order chi connectivity index (χ0) is 10.7. The summed E-state index contributed by atoms with van der Waals surface area (Å²) in [5.74, 6) is 0.815. The van der Waals surface area contributed by atoms with Crippen LogP contribution in [0.25, 0.3) is 5.52 Å². The number of aryl methyl sites for hydroxylation is 3. The molecule has 0 saturated heterocycles. The summed E-state index contributed by atoms with van der Waals surface area (Å²) in [6.45, 7) is 9.99. The predicted molar refractivity (Wildman–Crippen MR) is 58.5 cm³/mol. The minimum atomic E-state index is 0.815. The third-order valence-corrected chi connectivity index (χ3v) is 1.99. The molecule has 2 aromatic rings. The van der Waals surface area contributed by atoms with Crippen molar-refractivity contribution in [2.75, 3.05) is 0 Å². The van der Waals surface area contributed by atoms with Crippen molar-refractivity contribution in [3.8, 4) is 0 Å². The Hall–Kier alpha value is -1.38. The number of aromatic nitrogens is 3. The van der Waals surface area contributed by atoms with Crippen LogP contribution in [0.15, 0.2) is 12.3 Å². The Balaban J connectivity index is 0.000000461. The lowest BCUT2D eigenvalue weighted by Crippen LogP contribution is -1.99. The Morgan fingerprint density at radius 2 is 1.79 bits per heavy atom. The van der Waals surface area contributed by atoms with Gasteiger partial charge >= 0.3 is 0 Å². The van der Waals surface area contributed by atoms with Crippen molar-refractivity contribution in [1.82, 2.24) is 14.6 Å². The van der Waals surface area contributed by atoms with Crippen LogP contribution >= 0.6 is 0 Å². The number of hydrogen-bond donors (Lipinski definition) is 0. The minimum Gasteiger partial charge on any atom is -0.237 e. The third-order valence-electron chi connectivity index (χ3n) is 1.99. The third kappa shape index (κ3) is 1.76. The molecule has 0 atom stereocenters. The molecule has 2 heterocycles. The van der Waals surface area contributed by atoms with Gasteiger partial charge in [0.1, 0.15) is 5.82 Å². The van der Waals surface area contributed by atoms with Crippen molar-refractivity contribution in [1.29, 1.82) is 0 Å². The topological polar surface area (TPSA) is 30.2 Å². The van der Waals surface area contributed by atoms with Crippen LogP contribution in [-0.4, -0.2) is 14.6 Å². The molecule has 0 fully saturated rings. The SMILES string of the molecule is CC.Cc1nc(C)c2c(C)ccn2n1. The van der Waals surface area contributed by atoms with Gasteiger partial charge in [0.15, 0.2) is 0 Å². The molecule has 2 aromatic heterocycles. The molecule has 0 aliphatic carbocycles. The van der Waals surface area contributed by atoms with E-state index >= 15 is 0 Å². The maximum atomic E-state index is 4.30. The first-order valence-corrected chi connectivity index (χ1v) is 4.97. The summed E-state index contributed by atoms with van der Waals surface area (Å²) in [4.78, 5) is 4.30. The summed E-state index contributed by atoms with van der Waals surface area (Å²) in [5, 5.41) is 4.26. The summed E-state index contributed by atoms with van der Waals surface area (Å²) in [6, 6.07) is 2.05. The van der Waals surface area contributed by atoms with E-state index in [4.69, 9.17) is 0 Å². The number of hydrogen-bond acceptors (Lipinski definition) is 2. The summed E-state index contributed by atoms with van der Waals surface area (Å²) >= 11 is 0. The highest BCUT2D eigenvalue weighted by molar-refractivity contribution is 5.57. The van der Waals surface area contributed by atoms with E-state index in [1.165, 1.54) is 5.56 Å². The molecule has 0 aromatic carbocycles. The van der Waals surface area contributed by atoms with Gasteiger partial charge in [0, 0.05) is 6.20 Å². The zero-order valence-corrected chi connectivity index (χ0v) is 9.50. The molecule has 0 amide bonds. The second-order valence-electron chi connectivity index (χ2n) is 3.04. The van der Waals surface area contributed by atoms with Crippen LogP contribution in [0.2, 0.25) is 0 Å². The highest BCUT2D eigenvalue weighted by Crippen LogP contribution is 2.12. The fraction of sp³-hybridized carbons (Fsp3) is 0.455. The van der Waals surface area contributed by atoms with Crippen LogP contribution in [0.3, 0.4) is 0 Å². The second-order valence-corrected chi connectivity index (χ2v) is 3.04. The van der Waals surface area contributed by atoms with Gasteiger partial charge in [-0.2, -0.15) is 5.10 Å². The standard InChI is InChI=1S/C9H11N3.C2H6/c1-6-4-5-12-9(6)7(2)10-8(3)11-12;1-2/h4-5H,1-3H3;1-2H3. The first kappa shape index (κ1) is 10.7. The van der Waals surface area contributed by atoms with E-state index in [2.05, 4.69) is 23.1 Å². The fourth-order valence-corrected chi connectivity index (χ4v) is 1.52. The van der Waals surface area contributed by atoms with Gasteiger partial charge in [-0.05, 0) is 32.4 Å². The molecular weight excluding hydrogens is 174 g/mol. The molecule has 0 spiro atoms. The Kier molecular flexibility index (Phi) is 3.23. The number of rotatable bonds is 0. The van der Waals surface area contributed by atoms with Gasteiger partial charge in [0.05, 0.1) is 11.2 Å². The van der Waals surface area contributed by atoms with Crippen LogP contribution in [0.4, 0.5) is 0 Å². The van der Waals surface area contributed by atoms with Crippen LogP contribution in [0.1, 0.15) is 30.9 Å². The van der Waals surface area contributed by atoms with E-state index < -0.39 is 0 Å². The van der Waals surface area contributed by atoms with Crippen molar-refractivity contribution in [3.05, 3.63) is 29.3 Å². The molecular formula is C11H17N3. The van der Waals surface area contributed by atoms with Gasteiger partial charge in [0.2, 0.25) is 0 Å². The van der Waals surface area contributed by atoms with Crippen molar-refractivity contribution in [2.45, 2.75) is 34.6 Å². The maximum absolute atomic E-state index is 4.30. The predicted octanol–water partition coefficient (Wildman–Crippen LogP) is 2.68. The Morgan fingerprint density at radius 3 is 2.43 bits per heavy atom. The molecule has 0 aliphatic rings. The van der Waals surface area contributed by atoms with Gasteiger partial charge in [-0.25, -0.2) is 9.50 Å². The van der Waals surface area contributed by atoms with Crippen LogP contribution in [-0.2, 0) is 0 Å². The van der Waals surface area contributed by atoms with Crippen LogP contribution in [0, 0.1) is 20.8 Å². The summed E-state index contributed by atoms with van der Waals surface area (Å²) in [5.41, 5.74) is 3.40. The summed E-state index contributed by atoms with van der Waals surface area (Å²) in [6.07, 6.45) is 1.96.